The molecule has 2 unspecified atom stereocenters. The summed E-state index contributed by atoms with van der Waals surface area (Å²) in [5.74, 6) is 0. The summed E-state index contributed by atoms with van der Waals surface area (Å²) in [6.07, 6.45) is 0. The van der Waals surface area contributed by atoms with Crippen LogP contribution in [-0.2, 0) is 25.8 Å². The van der Waals surface area contributed by atoms with Gasteiger partial charge in [-0.3, -0.25) is 0 Å². The summed E-state index contributed by atoms with van der Waals surface area (Å²) in [5, 5.41) is 5.69. The fraction of sp³-hybridized carbons (Fsp3) is 0.333. The van der Waals surface area contributed by atoms with Crippen molar-refractivity contribution >= 4 is 16.4 Å². The predicted octanol–water partition coefficient (Wildman–Crippen LogP) is 4.38. The summed E-state index contributed by atoms with van der Waals surface area (Å²) in [5.41, 5.74) is 0. The molecule has 0 saturated heterocycles. The van der Waals surface area contributed by atoms with E-state index in [0.717, 1.165) is 16.4 Å². The molecule has 0 bridgehead atoms. The zero-order chi connectivity index (χ0) is 10.6. The van der Waals surface area contributed by atoms with Crippen molar-refractivity contribution in [3.05, 3.63) is 45.4 Å². The fourth-order valence-corrected chi connectivity index (χ4v) is 2.93. The molecule has 0 saturated carbocycles. The maximum atomic E-state index is 3.14. The van der Waals surface area contributed by atoms with E-state index >= 15 is 0 Å². The first-order chi connectivity index (χ1) is 6.58. The standard InChI is InChI=1S/2C6H8P.Sc.H/c2*1-5-3-4-6(2)7-5;;/h2*3,7H,1-2H3;;/q2*-1;+3;-1. The molecule has 0 fully saturated rings. The van der Waals surface area contributed by atoms with Gasteiger partial charge in [-0.1, -0.05) is 13.8 Å². The van der Waals surface area contributed by atoms with Crippen molar-refractivity contribution in [3.8, 4) is 0 Å². The molecule has 2 aromatic heterocycles. The Labute approximate surface area is 116 Å². The second-order valence-corrected chi connectivity index (χ2v) is 7.02. The largest absolute Gasteiger partial charge is 3.00 e. The topological polar surface area (TPSA) is 0 Å². The minimum Gasteiger partial charge on any atom is -1.00 e. The van der Waals surface area contributed by atoms with E-state index in [1.807, 2.05) is 0 Å². The average molecular weight is 268 g/mol. The van der Waals surface area contributed by atoms with Crippen molar-refractivity contribution in [2.75, 3.05) is 0 Å². The van der Waals surface area contributed by atoms with Crippen LogP contribution < -0.4 is 0 Å². The van der Waals surface area contributed by atoms with Crippen molar-refractivity contribution < 1.29 is 27.3 Å². The van der Waals surface area contributed by atoms with E-state index in [2.05, 4.69) is 52.0 Å². The zero-order valence-electron chi connectivity index (χ0n) is 10.7. The Balaban J connectivity index is 0. The Hall–Kier alpha value is 0.430. The van der Waals surface area contributed by atoms with Crippen LogP contribution in [-0.4, -0.2) is 0 Å². The van der Waals surface area contributed by atoms with Crippen LogP contribution in [0.5, 0.6) is 0 Å². The van der Waals surface area contributed by atoms with Crippen LogP contribution >= 0.6 is 16.4 Å². The van der Waals surface area contributed by atoms with E-state index in [4.69, 9.17) is 0 Å². The molecule has 2 heterocycles. The number of rotatable bonds is 0. The van der Waals surface area contributed by atoms with Gasteiger partial charge in [0.05, 0.1) is 0 Å². The van der Waals surface area contributed by atoms with Crippen molar-refractivity contribution in [1.29, 1.82) is 0 Å². The molecule has 0 spiro atoms. The summed E-state index contributed by atoms with van der Waals surface area (Å²) in [6.45, 7) is 8.51. The van der Waals surface area contributed by atoms with Crippen LogP contribution in [0.15, 0.2) is 12.1 Å². The first kappa shape index (κ1) is 15.4. The molecule has 0 nitrogen and oxygen atoms in total. The normalized spacial score (nSPS) is 9.87. The molecule has 0 N–H and O–H groups in total. The van der Waals surface area contributed by atoms with Crippen LogP contribution in [0.2, 0.25) is 0 Å². The molecule has 3 heteroatoms. The summed E-state index contributed by atoms with van der Waals surface area (Å²) >= 11 is 0. The fourth-order valence-electron chi connectivity index (χ4n) is 1.17. The van der Waals surface area contributed by atoms with Crippen LogP contribution in [0.1, 0.15) is 22.6 Å². The molecule has 0 aromatic carbocycles. The molecular formula is C12H17P2Sc. The molecule has 15 heavy (non-hydrogen) atoms. The molecular weight excluding hydrogens is 251 g/mol. The maximum Gasteiger partial charge on any atom is 3.00 e. The van der Waals surface area contributed by atoms with Gasteiger partial charge < -0.3 is 1.43 Å². The van der Waals surface area contributed by atoms with Gasteiger partial charge in [-0.05, 0) is 0 Å². The smallest absolute Gasteiger partial charge is 1.00 e. The third-order valence-electron chi connectivity index (χ3n) is 1.78. The van der Waals surface area contributed by atoms with Gasteiger partial charge in [0, 0.05) is 0 Å². The van der Waals surface area contributed by atoms with E-state index in [0.29, 0.717) is 0 Å². The number of hydrogen-bond acceptors (Lipinski definition) is 0. The first-order valence-corrected chi connectivity index (χ1v) is 6.65. The second kappa shape index (κ2) is 7.66. The Morgan fingerprint density at radius 2 is 1.20 bits per heavy atom. The molecule has 0 aliphatic carbocycles. The van der Waals surface area contributed by atoms with E-state index in [1.165, 1.54) is 21.2 Å². The van der Waals surface area contributed by atoms with Gasteiger partial charge in [0.2, 0.25) is 0 Å². The monoisotopic (exact) mass is 268 g/mol. The Morgan fingerprint density at radius 3 is 1.27 bits per heavy atom. The van der Waals surface area contributed by atoms with E-state index < -0.39 is 0 Å². The Kier molecular flexibility index (Phi) is 7.88. The maximum absolute atomic E-state index is 3.14. The van der Waals surface area contributed by atoms with Gasteiger partial charge >= 0.3 is 25.8 Å². The molecule has 2 rings (SSSR count). The molecule has 0 radical (unpaired) electrons. The molecule has 78 valence electrons. The van der Waals surface area contributed by atoms with Crippen molar-refractivity contribution in [3.63, 3.8) is 0 Å². The SMILES string of the molecule is Cc1[c-]cc(C)[pH]1.Cc1[c-]cc(C)[pH]1.[H-].[Sc+3]. The number of aryl methyl sites for hydroxylation is 4. The third-order valence-corrected chi connectivity index (χ3v) is 3.90. The van der Waals surface area contributed by atoms with E-state index in [-0.39, 0.29) is 27.3 Å². The summed E-state index contributed by atoms with van der Waals surface area (Å²) in [6, 6.07) is 10.4. The molecule has 0 aliphatic heterocycles. The Morgan fingerprint density at radius 1 is 0.867 bits per heavy atom. The van der Waals surface area contributed by atoms with E-state index in [1.54, 1.807) is 0 Å². The summed E-state index contributed by atoms with van der Waals surface area (Å²) < 4.78 is 0. The van der Waals surface area contributed by atoms with Gasteiger partial charge in [-0.15, -0.1) is 24.4 Å². The van der Waals surface area contributed by atoms with Crippen molar-refractivity contribution in [2.45, 2.75) is 27.7 Å². The van der Waals surface area contributed by atoms with Crippen LogP contribution in [0, 0.1) is 39.8 Å². The molecule has 0 amide bonds. The Bertz CT molecular complexity index is 322. The minimum atomic E-state index is 0. The average Bonchev–Trinajstić information content (AvgIpc) is 2.63. The van der Waals surface area contributed by atoms with Crippen molar-refractivity contribution in [1.82, 2.24) is 0 Å². The van der Waals surface area contributed by atoms with E-state index in [9.17, 15) is 0 Å². The van der Waals surface area contributed by atoms with Crippen LogP contribution in [0.25, 0.3) is 0 Å². The number of hydrogen-bond donors (Lipinski definition) is 0. The third kappa shape index (κ3) is 6.56. The van der Waals surface area contributed by atoms with Crippen LogP contribution in [0.4, 0.5) is 0 Å². The van der Waals surface area contributed by atoms with Gasteiger partial charge in [0.1, 0.15) is 0 Å². The van der Waals surface area contributed by atoms with Crippen LogP contribution in [0.3, 0.4) is 0 Å². The molecule has 2 aromatic rings. The summed E-state index contributed by atoms with van der Waals surface area (Å²) in [4.78, 5) is 0. The molecule has 2 atom stereocenters. The van der Waals surface area contributed by atoms with Gasteiger partial charge in [-0.25, -0.2) is 40.7 Å². The van der Waals surface area contributed by atoms with Crippen molar-refractivity contribution in [2.24, 2.45) is 0 Å². The quantitative estimate of drug-likeness (QED) is 0.622. The van der Waals surface area contributed by atoms with Gasteiger partial charge in [0.15, 0.2) is 0 Å². The minimum absolute atomic E-state index is 0. The van der Waals surface area contributed by atoms with Gasteiger partial charge in [0.25, 0.3) is 0 Å². The zero-order valence-corrected chi connectivity index (χ0v) is 13.5. The molecule has 0 aliphatic rings. The summed E-state index contributed by atoms with van der Waals surface area (Å²) in [7, 11) is 1.85. The predicted molar refractivity (Wildman–Crippen MR) is 69.6 cm³/mol. The van der Waals surface area contributed by atoms with Gasteiger partial charge in [-0.2, -0.15) is 10.6 Å². The second-order valence-electron chi connectivity index (χ2n) is 3.44. The first-order valence-electron chi connectivity index (χ1n) is 4.65.